The molecule has 0 saturated carbocycles. The lowest BCUT2D eigenvalue weighted by atomic mass is 9.90. The van der Waals surface area contributed by atoms with Gasteiger partial charge in [0.15, 0.2) is 0 Å². The highest BCUT2D eigenvalue weighted by Crippen LogP contribution is 2.45. The molecule has 0 spiro atoms. The van der Waals surface area contributed by atoms with Crippen LogP contribution in [-0.2, 0) is 4.74 Å². The molecule has 2 aliphatic rings. The first kappa shape index (κ1) is 11.1. The molecule has 0 aliphatic carbocycles. The number of aliphatic hydroxyl groups excluding tert-OH is 1. The van der Waals surface area contributed by atoms with Crippen molar-refractivity contribution in [2.75, 3.05) is 13.2 Å². The number of rotatable bonds is 1. The third kappa shape index (κ3) is 1.49. The molecule has 2 aromatic rings. The van der Waals surface area contributed by atoms with Gasteiger partial charge in [-0.05, 0) is 17.7 Å². The zero-order valence-corrected chi connectivity index (χ0v) is 10.2. The average Bonchev–Trinajstić information content (AvgIpc) is 3.05. The standard InChI is InChI=1S/C14H13FN2O2/c15-8-1-2-9-10(3-8)12-4-16-7-17(12)14(9)11-5-19-6-13(11)18/h1-4,7,11,13-14,18H,5-6H2/t11-,13-,14-/m0/s1. The van der Waals surface area contributed by atoms with Crippen LogP contribution in [0.3, 0.4) is 0 Å². The summed E-state index contributed by atoms with van der Waals surface area (Å²) in [7, 11) is 0. The maximum Gasteiger partial charge on any atom is 0.123 e. The molecule has 1 N–H and O–H groups in total. The molecule has 0 radical (unpaired) electrons. The van der Waals surface area contributed by atoms with E-state index in [1.165, 1.54) is 12.1 Å². The fourth-order valence-electron chi connectivity index (χ4n) is 3.19. The zero-order valence-electron chi connectivity index (χ0n) is 10.2. The van der Waals surface area contributed by atoms with Crippen LogP contribution in [0.25, 0.3) is 11.3 Å². The number of halogens is 1. The maximum absolute atomic E-state index is 13.4. The minimum Gasteiger partial charge on any atom is -0.390 e. The number of aromatic nitrogens is 2. The van der Waals surface area contributed by atoms with Gasteiger partial charge < -0.3 is 14.4 Å². The second-order valence-electron chi connectivity index (χ2n) is 5.13. The number of hydrogen-bond acceptors (Lipinski definition) is 3. The van der Waals surface area contributed by atoms with E-state index in [2.05, 4.69) is 4.98 Å². The van der Waals surface area contributed by atoms with Gasteiger partial charge in [0, 0.05) is 11.5 Å². The molecule has 3 heterocycles. The number of aliphatic hydroxyl groups is 1. The largest absolute Gasteiger partial charge is 0.390 e. The summed E-state index contributed by atoms with van der Waals surface area (Å²) in [4.78, 5) is 4.14. The van der Waals surface area contributed by atoms with Crippen LogP contribution < -0.4 is 0 Å². The van der Waals surface area contributed by atoms with Crippen molar-refractivity contribution in [2.45, 2.75) is 12.1 Å². The number of fused-ring (bicyclic) bond motifs is 3. The molecule has 0 unspecified atom stereocenters. The first-order valence-corrected chi connectivity index (χ1v) is 6.33. The Morgan fingerprint density at radius 1 is 1.37 bits per heavy atom. The molecule has 3 atom stereocenters. The summed E-state index contributed by atoms with van der Waals surface area (Å²) in [6, 6.07) is 4.78. The third-order valence-corrected chi connectivity index (χ3v) is 4.07. The number of ether oxygens (including phenoxy) is 1. The van der Waals surface area contributed by atoms with Crippen LogP contribution in [0.4, 0.5) is 4.39 Å². The number of benzene rings is 1. The van der Waals surface area contributed by atoms with Gasteiger partial charge >= 0.3 is 0 Å². The van der Waals surface area contributed by atoms with Crippen molar-refractivity contribution in [3.63, 3.8) is 0 Å². The summed E-state index contributed by atoms with van der Waals surface area (Å²) in [5, 5.41) is 10.1. The Labute approximate surface area is 109 Å². The first-order valence-electron chi connectivity index (χ1n) is 6.33. The predicted molar refractivity (Wildman–Crippen MR) is 66.1 cm³/mol. The molecule has 0 amide bonds. The molecule has 98 valence electrons. The van der Waals surface area contributed by atoms with E-state index in [-0.39, 0.29) is 17.8 Å². The summed E-state index contributed by atoms with van der Waals surface area (Å²) in [5.74, 6) is -0.268. The van der Waals surface area contributed by atoms with Crippen molar-refractivity contribution in [1.29, 1.82) is 0 Å². The number of imidazole rings is 1. The fourth-order valence-corrected chi connectivity index (χ4v) is 3.19. The Kier molecular flexibility index (Phi) is 2.28. The summed E-state index contributed by atoms with van der Waals surface area (Å²) >= 11 is 0. The maximum atomic E-state index is 13.4. The topological polar surface area (TPSA) is 47.3 Å². The molecule has 1 aromatic carbocycles. The normalized spacial score (nSPS) is 28.4. The SMILES string of the molecule is O[C@H]1COC[C@@H]1[C@@H]1c2ccc(F)cc2-c2cncn21. The summed E-state index contributed by atoms with van der Waals surface area (Å²) in [6.07, 6.45) is 2.99. The van der Waals surface area contributed by atoms with Crippen molar-refractivity contribution in [2.24, 2.45) is 5.92 Å². The monoisotopic (exact) mass is 260 g/mol. The third-order valence-electron chi connectivity index (χ3n) is 4.07. The molecule has 5 heteroatoms. The zero-order chi connectivity index (χ0) is 13.0. The van der Waals surface area contributed by atoms with E-state index in [1.807, 2.05) is 4.57 Å². The van der Waals surface area contributed by atoms with Crippen molar-refractivity contribution in [3.05, 3.63) is 42.1 Å². The van der Waals surface area contributed by atoms with Crippen molar-refractivity contribution in [1.82, 2.24) is 9.55 Å². The number of hydrogen-bond donors (Lipinski definition) is 1. The molecule has 1 fully saturated rings. The van der Waals surface area contributed by atoms with E-state index < -0.39 is 6.10 Å². The highest BCUT2D eigenvalue weighted by atomic mass is 19.1. The second-order valence-corrected chi connectivity index (χ2v) is 5.13. The van der Waals surface area contributed by atoms with Crippen LogP contribution in [0, 0.1) is 11.7 Å². The summed E-state index contributed by atoms with van der Waals surface area (Å²) in [6.45, 7) is 0.877. The Morgan fingerprint density at radius 3 is 3.05 bits per heavy atom. The minimum atomic E-state index is -0.490. The van der Waals surface area contributed by atoms with Crippen LogP contribution in [0.2, 0.25) is 0 Å². The Bertz CT molecular complexity index is 640. The van der Waals surface area contributed by atoms with E-state index >= 15 is 0 Å². The van der Waals surface area contributed by atoms with E-state index in [0.29, 0.717) is 13.2 Å². The van der Waals surface area contributed by atoms with Crippen molar-refractivity contribution >= 4 is 0 Å². The van der Waals surface area contributed by atoms with Gasteiger partial charge in [-0.1, -0.05) is 6.07 Å². The quantitative estimate of drug-likeness (QED) is 0.847. The van der Waals surface area contributed by atoms with E-state index in [9.17, 15) is 9.50 Å². The van der Waals surface area contributed by atoms with Gasteiger partial charge in [0.1, 0.15) is 5.82 Å². The number of nitrogens with zero attached hydrogens (tertiary/aromatic N) is 2. The lowest BCUT2D eigenvalue weighted by molar-refractivity contribution is 0.111. The molecule has 4 rings (SSSR count). The minimum absolute atomic E-state index is 0.0142. The molecule has 2 aliphatic heterocycles. The van der Waals surface area contributed by atoms with Crippen LogP contribution in [0.5, 0.6) is 0 Å². The highest BCUT2D eigenvalue weighted by Gasteiger charge is 2.40. The molecule has 1 aromatic heterocycles. The second kappa shape index (κ2) is 3.88. The lowest BCUT2D eigenvalue weighted by Gasteiger charge is -2.23. The van der Waals surface area contributed by atoms with Gasteiger partial charge in [-0.15, -0.1) is 0 Å². The molecule has 4 nitrogen and oxygen atoms in total. The van der Waals surface area contributed by atoms with Gasteiger partial charge in [-0.25, -0.2) is 9.37 Å². The van der Waals surface area contributed by atoms with Crippen LogP contribution in [0.1, 0.15) is 11.6 Å². The van der Waals surface area contributed by atoms with Crippen LogP contribution in [0.15, 0.2) is 30.7 Å². The van der Waals surface area contributed by atoms with E-state index in [1.54, 1.807) is 18.6 Å². The molecular weight excluding hydrogens is 247 g/mol. The average molecular weight is 260 g/mol. The first-order chi connectivity index (χ1) is 9.25. The summed E-state index contributed by atoms with van der Waals surface area (Å²) in [5.41, 5.74) is 2.80. The Hall–Kier alpha value is -1.72. The van der Waals surface area contributed by atoms with Crippen molar-refractivity contribution < 1.29 is 14.2 Å². The predicted octanol–water partition coefficient (Wildman–Crippen LogP) is 1.60. The van der Waals surface area contributed by atoms with Crippen molar-refractivity contribution in [3.8, 4) is 11.3 Å². The van der Waals surface area contributed by atoms with Gasteiger partial charge in [-0.3, -0.25) is 0 Å². The van der Waals surface area contributed by atoms with Gasteiger partial charge in [0.2, 0.25) is 0 Å². The fraction of sp³-hybridized carbons (Fsp3) is 0.357. The van der Waals surface area contributed by atoms with Crippen LogP contribution >= 0.6 is 0 Å². The van der Waals surface area contributed by atoms with Gasteiger partial charge in [0.25, 0.3) is 0 Å². The lowest BCUT2D eigenvalue weighted by Crippen LogP contribution is -2.27. The van der Waals surface area contributed by atoms with E-state index in [0.717, 1.165) is 16.8 Å². The molecule has 19 heavy (non-hydrogen) atoms. The molecular formula is C14H13FN2O2. The molecule has 1 saturated heterocycles. The Balaban J connectivity index is 1.89. The van der Waals surface area contributed by atoms with Crippen LogP contribution in [-0.4, -0.2) is 34.0 Å². The highest BCUT2D eigenvalue weighted by molar-refractivity contribution is 5.69. The Morgan fingerprint density at radius 2 is 2.26 bits per heavy atom. The van der Waals surface area contributed by atoms with Gasteiger partial charge in [-0.2, -0.15) is 0 Å². The molecule has 0 bridgehead atoms. The van der Waals surface area contributed by atoms with Gasteiger partial charge in [0.05, 0.1) is 43.6 Å². The van der Waals surface area contributed by atoms with E-state index in [4.69, 9.17) is 4.74 Å². The smallest absolute Gasteiger partial charge is 0.123 e. The summed E-state index contributed by atoms with van der Waals surface area (Å²) < 4.78 is 20.8.